The third kappa shape index (κ3) is 4.38. The van der Waals surface area contributed by atoms with E-state index in [0.717, 1.165) is 26.1 Å². The predicted molar refractivity (Wildman–Crippen MR) is 131 cm³/mol. The number of hydrogen-bond donors (Lipinski definition) is 1. The van der Waals surface area contributed by atoms with Crippen molar-refractivity contribution in [1.29, 1.82) is 0 Å². The number of nitrogens with zero attached hydrogens (tertiary/aromatic N) is 4. The number of rotatable bonds is 8. The van der Waals surface area contributed by atoms with Crippen LogP contribution in [0.2, 0.25) is 0 Å². The van der Waals surface area contributed by atoms with Crippen molar-refractivity contribution in [3.05, 3.63) is 24.3 Å². The predicted octanol–water partition coefficient (Wildman–Crippen LogP) is -0.511. The van der Waals surface area contributed by atoms with E-state index in [-0.39, 0.29) is 24.3 Å². The molecule has 0 bridgehead atoms. The second-order valence-electron chi connectivity index (χ2n) is 10.4. The number of ether oxygens (including phenoxy) is 2. The van der Waals surface area contributed by atoms with Gasteiger partial charge >= 0.3 is 0 Å². The van der Waals surface area contributed by atoms with E-state index in [9.17, 15) is 19.5 Å². The molecule has 10 heteroatoms. The largest absolute Gasteiger partial charge is 0.396 e. The number of hydrogen-bond acceptors (Lipinski definition) is 7. The van der Waals surface area contributed by atoms with Gasteiger partial charge in [0.15, 0.2) is 0 Å². The number of unbranched alkanes of at least 4 members (excludes halogenated alkanes) is 2. The number of amides is 3. The number of morpholine rings is 1. The standard InChI is InChI=1S/C26H38N4O6/c1-27-9-5-7-19-20(23(27)32)21-24(33)30(11-3-2-4-16-31)22-25(34)29(10-6-8-26(21,22)36-19)13-12-28-14-17-35-18-15-28/h5-8,19-22,31H,2-4,9-18H2,1H3/t19-,20+,21-,22?,26-/m0/s1. The van der Waals surface area contributed by atoms with Gasteiger partial charge in [-0.2, -0.15) is 0 Å². The zero-order valence-electron chi connectivity index (χ0n) is 21.1. The van der Waals surface area contributed by atoms with E-state index in [1.165, 1.54) is 0 Å². The molecule has 3 amide bonds. The minimum atomic E-state index is -1.16. The van der Waals surface area contributed by atoms with Gasteiger partial charge in [-0.25, -0.2) is 0 Å². The van der Waals surface area contributed by atoms with Crippen LogP contribution in [0.5, 0.6) is 0 Å². The van der Waals surface area contributed by atoms with Crippen LogP contribution in [0.25, 0.3) is 0 Å². The maximum Gasteiger partial charge on any atom is 0.249 e. The second kappa shape index (κ2) is 10.6. The lowest BCUT2D eigenvalue weighted by Crippen LogP contribution is -2.56. The molecule has 5 aliphatic rings. The molecule has 5 rings (SSSR count). The summed E-state index contributed by atoms with van der Waals surface area (Å²) in [6, 6.07) is -0.800. The van der Waals surface area contributed by atoms with Crippen molar-refractivity contribution < 1.29 is 29.0 Å². The number of likely N-dealkylation sites (tertiary alicyclic amines) is 1. The zero-order chi connectivity index (χ0) is 25.3. The number of carbonyl (C=O) groups excluding carboxylic acids is 3. The molecular weight excluding hydrogens is 464 g/mol. The average molecular weight is 503 g/mol. The Bertz CT molecular complexity index is 918. The van der Waals surface area contributed by atoms with E-state index in [1.807, 2.05) is 29.2 Å². The Balaban J connectivity index is 1.44. The molecule has 0 aromatic heterocycles. The van der Waals surface area contributed by atoms with Crippen LogP contribution in [0.15, 0.2) is 24.3 Å². The summed E-state index contributed by atoms with van der Waals surface area (Å²) in [7, 11) is 1.74. The Labute approximate surface area is 212 Å². The quantitative estimate of drug-likeness (QED) is 0.352. The molecule has 5 atom stereocenters. The molecule has 0 aromatic rings. The molecule has 1 N–H and O–H groups in total. The molecule has 1 spiro atoms. The van der Waals surface area contributed by atoms with E-state index in [2.05, 4.69) is 4.90 Å². The monoisotopic (exact) mass is 502 g/mol. The van der Waals surface area contributed by atoms with Crippen LogP contribution in [0.3, 0.4) is 0 Å². The molecule has 0 saturated carbocycles. The van der Waals surface area contributed by atoms with Gasteiger partial charge in [-0.3, -0.25) is 19.3 Å². The van der Waals surface area contributed by atoms with Gasteiger partial charge in [0.05, 0.1) is 31.2 Å². The SMILES string of the molecule is CN1CC=C[C@@H]2O[C@]34C=CCN(CCN5CCOCC5)C(=O)C3N(CCCCCO)C(=O)[C@@H]4[C@@H]2C1=O. The fourth-order valence-corrected chi connectivity index (χ4v) is 6.41. The number of aliphatic hydroxyl groups excluding tert-OH is 1. The van der Waals surface area contributed by atoms with Crippen molar-refractivity contribution in [1.82, 2.24) is 19.6 Å². The van der Waals surface area contributed by atoms with Gasteiger partial charge in [0.1, 0.15) is 11.6 Å². The molecule has 10 nitrogen and oxygen atoms in total. The summed E-state index contributed by atoms with van der Waals surface area (Å²) in [6.07, 6.45) is 9.18. The first-order valence-corrected chi connectivity index (χ1v) is 13.3. The Kier molecular flexibility index (Phi) is 7.48. The maximum absolute atomic E-state index is 14.1. The van der Waals surface area contributed by atoms with Crippen molar-refractivity contribution >= 4 is 17.7 Å². The molecule has 3 fully saturated rings. The van der Waals surface area contributed by atoms with E-state index >= 15 is 0 Å². The van der Waals surface area contributed by atoms with Crippen molar-refractivity contribution in [2.45, 2.75) is 37.0 Å². The first-order chi connectivity index (χ1) is 17.5. The van der Waals surface area contributed by atoms with Crippen LogP contribution in [0.4, 0.5) is 0 Å². The van der Waals surface area contributed by atoms with Crippen molar-refractivity contribution in [2.75, 3.05) is 72.7 Å². The number of likely N-dealkylation sites (N-methyl/N-ethyl adjacent to an activating group) is 1. The van der Waals surface area contributed by atoms with Crippen LogP contribution in [0.1, 0.15) is 19.3 Å². The Morgan fingerprint density at radius 3 is 2.56 bits per heavy atom. The van der Waals surface area contributed by atoms with Gasteiger partial charge in [-0.1, -0.05) is 24.3 Å². The second-order valence-corrected chi connectivity index (χ2v) is 10.4. The molecule has 0 aliphatic carbocycles. The number of aliphatic hydroxyl groups is 1. The fraction of sp³-hybridized carbons (Fsp3) is 0.731. The van der Waals surface area contributed by atoms with Crippen LogP contribution >= 0.6 is 0 Å². The molecule has 0 aromatic carbocycles. The molecule has 3 saturated heterocycles. The molecule has 5 heterocycles. The summed E-state index contributed by atoms with van der Waals surface area (Å²) in [6.45, 7) is 5.81. The number of fused-ring (bicyclic) bond motifs is 2. The Morgan fingerprint density at radius 2 is 1.78 bits per heavy atom. The number of carbonyl (C=O) groups is 3. The van der Waals surface area contributed by atoms with Gasteiger partial charge < -0.3 is 29.3 Å². The summed E-state index contributed by atoms with van der Waals surface area (Å²) in [5.41, 5.74) is -1.16. The normalized spacial score (nSPS) is 34.6. The first kappa shape index (κ1) is 25.4. The average Bonchev–Trinajstić information content (AvgIpc) is 3.20. The highest BCUT2D eigenvalue weighted by Gasteiger charge is 2.71. The van der Waals surface area contributed by atoms with E-state index in [4.69, 9.17) is 9.47 Å². The maximum atomic E-state index is 14.1. The summed E-state index contributed by atoms with van der Waals surface area (Å²) >= 11 is 0. The smallest absolute Gasteiger partial charge is 0.249 e. The molecule has 1 unspecified atom stereocenters. The van der Waals surface area contributed by atoms with E-state index in [0.29, 0.717) is 52.2 Å². The third-order valence-corrected chi connectivity index (χ3v) is 8.29. The Morgan fingerprint density at radius 1 is 0.972 bits per heavy atom. The van der Waals surface area contributed by atoms with Gasteiger partial charge in [-0.05, 0) is 19.3 Å². The van der Waals surface area contributed by atoms with Crippen LogP contribution in [-0.4, -0.2) is 133 Å². The lowest BCUT2D eigenvalue weighted by atomic mass is 9.77. The lowest BCUT2D eigenvalue weighted by Gasteiger charge is -2.36. The van der Waals surface area contributed by atoms with Crippen molar-refractivity contribution in [2.24, 2.45) is 11.8 Å². The summed E-state index contributed by atoms with van der Waals surface area (Å²) < 4.78 is 12.0. The van der Waals surface area contributed by atoms with Crippen LogP contribution < -0.4 is 0 Å². The van der Waals surface area contributed by atoms with E-state index < -0.39 is 29.6 Å². The topological polar surface area (TPSA) is 103 Å². The fourth-order valence-electron chi connectivity index (χ4n) is 6.41. The van der Waals surface area contributed by atoms with Crippen LogP contribution in [-0.2, 0) is 23.9 Å². The van der Waals surface area contributed by atoms with E-state index in [1.54, 1.807) is 16.8 Å². The molecule has 5 aliphatic heterocycles. The highest BCUT2D eigenvalue weighted by atomic mass is 16.5. The molecule has 198 valence electrons. The summed E-state index contributed by atoms with van der Waals surface area (Å²) in [4.78, 5) is 48.9. The van der Waals surface area contributed by atoms with Crippen LogP contribution in [0, 0.1) is 11.8 Å². The minimum Gasteiger partial charge on any atom is -0.396 e. The highest BCUT2D eigenvalue weighted by Crippen LogP contribution is 2.53. The zero-order valence-corrected chi connectivity index (χ0v) is 21.1. The Hall–Kier alpha value is -2.27. The summed E-state index contributed by atoms with van der Waals surface area (Å²) in [5.74, 6) is -1.80. The summed E-state index contributed by atoms with van der Waals surface area (Å²) in [5, 5.41) is 9.19. The van der Waals surface area contributed by atoms with Gasteiger partial charge in [0, 0.05) is 59.5 Å². The molecule has 0 radical (unpaired) electrons. The van der Waals surface area contributed by atoms with Gasteiger partial charge in [0.25, 0.3) is 0 Å². The van der Waals surface area contributed by atoms with Crippen molar-refractivity contribution in [3.8, 4) is 0 Å². The molecule has 36 heavy (non-hydrogen) atoms. The highest BCUT2D eigenvalue weighted by molar-refractivity contribution is 5.99. The van der Waals surface area contributed by atoms with Gasteiger partial charge in [-0.15, -0.1) is 0 Å². The first-order valence-electron chi connectivity index (χ1n) is 13.3. The minimum absolute atomic E-state index is 0.0982. The lowest BCUT2D eigenvalue weighted by molar-refractivity contribution is -0.148. The third-order valence-electron chi connectivity index (χ3n) is 8.29. The van der Waals surface area contributed by atoms with Crippen molar-refractivity contribution in [3.63, 3.8) is 0 Å². The van der Waals surface area contributed by atoms with Gasteiger partial charge in [0.2, 0.25) is 17.7 Å². The molecular formula is C26H38N4O6.